The maximum Gasteiger partial charge on any atom is 0.224 e. The van der Waals surface area contributed by atoms with Gasteiger partial charge < -0.3 is 19.3 Å². The fraction of sp³-hybridized carbons (Fsp3) is 0.381. The molecule has 0 N–H and O–H groups in total. The Morgan fingerprint density at radius 1 is 1.00 bits per heavy atom. The third kappa shape index (κ3) is 5.70. The average Bonchev–Trinajstić information content (AvgIpc) is 2.72. The summed E-state index contributed by atoms with van der Waals surface area (Å²) in [6, 6.07) is 9.13. The number of carbonyl (C=O) groups is 2. The second kappa shape index (κ2) is 10.3. The summed E-state index contributed by atoms with van der Waals surface area (Å²) in [6.45, 7) is 2.39. The number of anilines is 1. The molecule has 28 heavy (non-hydrogen) atoms. The highest BCUT2D eigenvalue weighted by Gasteiger charge is 2.17. The summed E-state index contributed by atoms with van der Waals surface area (Å²) in [5.41, 5.74) is 1.79. The van der Waals surface area contributed by atoms with Gasteiger partial charge in [-0.15, -0.1) is 0 Å². The van der Waals surface area contributed by atoms with E-state index in [-0.39, 0.29) is 18.2 Å². The molecule has 1 heterocycles. The van der Waals surface area contributed by atoms with Crippen molar-refractivity contribution in [2.75, 3.05) is 39.3 Å². The monoisotopic (exact) mass is 385 g/mol. The van der Waals surface area contributed by atoms with Crippen molar-refractivity contribution in [3.63, 3.8) is 0 Å². The molecule has 0 radical (unpaired) electrons. The molecule has 150 valence electrons. The molecule has 1 aromatic heterocycles. The highest BCUT2D eigenvalue weighted by molar-refractivity contribution is 5.92. The summed E-state index contributed by atoms with van der Waals surface area (Å²) >= 11 is 0. The van der Waals surface area contributed by atoms with E-state index in [1.807, 2.05) is 12.1 Å². The van der Waals surface area contributed by atoms with E-state index < -0.39 is 0 Å². The predicted octanol–water partition coefficient (Wildman–Crippen LogP) is 2.54. The molecule has 2 rings (SSSR count). The van der Waals surface area contributed by atoms with Crippen LogP contribution >= 0.6 is 0 Å². The van der Waals surface area contributed by atoms with Crippen molar-refractivity contribution in [2.45, 2.75) is 19.8 Å². The van der Waals surface area contributed by atoms with Crippen LogP contribution in [0.15, 0.2) is 42.7 Å². The van der Waals surface area contributed by atoms with E-state index in [4.69, 9.17) is 9.47 Å². The lowest BCUT2D eigenvalue weighted by molar-refractivity contribution is -0.129. The van der Waals surface area contributed by atoms with E-state index in [9.17, 15) is 9.59 Å². The van der Waals surface area contributed by atoms with Crippen LogP contribution in [0.25, 0.3) is 0 Å². The number of rotatable bonds is 9. The first-order valence-corrected chi connectivity index (χ1v) is 9.09. The summed E-state index contributed by atoms with van der Waals surface area (Å²) < 4.78 is 10.5. The van der Waals surface area contributed by atoms with Crippen LogP contribution in [0.5, 0.6) is 11.5 Å². The molecule has 0 aliphatic heterocycles. The van der Waals surface area contributed by atoms with Crippen molar-refractivity contribution in [3.8, 4) is 11.5 Å². The van der Waals surface area contributed by atoms with Crippen molar-refractivity contribution in [2.24, 2.45) is 0 Å². The van der Waals surface area contributed by atoms with Gasteiger partial charge in [-0.2, -0.15) is 0 Å². The largest absolute Gasteiger partial charge is 0.493 e. The zero-order valence-corrected chi connectivity index (χ0v) is 16.8. The number of hydrogen-bond acceptors (Lipinski definition) is 5. The number of amides is 2. The standard InChI is InChI=1S/C21H27N3O4/c1-16(25)24(18-5-6-19(27-3)20(15-18)28-4)14-10-21(26)23(2)13-9-17-7-11-22-12-8-17/h5-8,11-12,15H,9-10,13-14H2,1-4H3. The fourth-order valence-corrected chi connectivity index (χ4v) is 2.83. The molecule has 0 atom stereocenters. The number of benzene rings is 1. The minimum Gasteiger partial charge on any atom is -0.493 e. The molecule has 0 bridgehead atoms. The van der Waals surface area contributed by atoms with Gasteiger partial charge >= 0.3 is 0 Å². The first-order chi connectivity index (χ1) is 13.5. The van der Waals surface area contributed by atoms with Crippen molar-refractivity contribution >= 4 is 17.5 Å². The molecule has 0 fully saturated rings. The van der Waals surface area contributed by atoms with E-state index in [1.54, 1.807) is 61.7 Å². The zero-order chi connectivity index (χ0) is 20.5. The smallest absolute Gasteiger partial charge is 0.224 e. The topological polar surface area (TPSA) is 72.0 Å². The minimum absolute atomic E-state index is 0.0132. The van der Waals surface area contributed by atoms with Crippen LogP contribution in [0.3, 0.4) is 0 Å². The van der Waals surface area contributed by atoms with Crippen LogP contribution in [-0.4, -0.2) is 56.1 Å². The summed E-state index contributed by atoms with van der Waals surface area (Å²) in [4.78, 5) is 31.8. The SMILES string of the molecule is COc1ccc(N(CCC(=O)N(C)CCc2ccncc2)C(C)=O)cc1OC. The average molecular weight is 385 g/mol. The van der Waals surface area contributed by atoms with Gasteiger partial charge in [0.2, 0.25) is 11.8 Å². The molecule has 7 heteroatoms. The van der Waals surface area contributed by atoms with Crippen molar-refractivity contribution < 1.29 is 19.1 Å². The van der Waals surface area contributed by atoms with E-state index in [0.29, 0.717) is 30.3 Å². The fourth-order valence-electron chi connectivity index (χ4n) is 2.83. The van der Waals surface area contributed by atoms with E-state index in [1.165, 1.54) is 6.92 Å². The number of ether oxygens (including phenoxy) is 2. The number of hydrogen-bond donors (Lipinski definition) is 0. The Balaban J connectivity index is 1.97. The Kier molecular flexibility index (Phi) is 7.80. The second-order valence-electron chi connectivity index (χ2n) is 6.38. The molecule has 2 aromatic rings. The molecule has 1 aromatic carbocycles. The number of pyridine rings is 1. The predicted molar refractivity (Wildman–Crippen MR) is 108 cm³/mol. The van der Waals surface area contributed by atoms with Crippen LogP contribution < -0.4 is 14.4 Å². The molecule has 0 saturated heterocycles. The first-order valence-electron chi connectivity index (χ1n) is 9.09. The van der Waals surface area contributed by atoms with Gasteiger partial charge in [-0.3, -0.25) is 14.6 Å². The van der Waals surface area contributed by atoms with Gasteiger partial charge in [0.05, 0.1) is 14.2 Å². The molecular weight excluding hydrogens is 358 g/mol. The highest BCUT2D eigenvalue weighted by Crippen LogP contribution is 2.31. The third-order valence-electron chi connectivity index (χ3n) is 4.52. The first kappa shape index (κ1) is 21.2. The summed E-state index contributed by atoms with van der Waals surface area (Å²) in [7, 11) is 4.87. The van der Waals surface area contributed by atoms with Gasteiger partial charge in [-0.05, 0) is 36.2 Å². The third-order valence-corrected chi connectivity index (χ3v) is 4.52. The lowest BCUT2D eigenvalue weighted by atomic mass is 10.2. The highest BCUT2D eigenvalue weighted by atomic mass is 16.5. The molecule has 0 spiro atoms. The quantitative estimate of drug-likeness (QED) is 0.663. The maximum atomic E-state index is 12.5. The lowest BCUT2D eigenvalue weighted by Gasteiger charge is -2.24. The summed E-state index contributed by atoms with van der Waals surface area (Å²) in [6.07, 6.45) is 4.48. The molecule has 0 aliphatic rings. The lowest BCUT2D eigenvalue weighted by Crippen LogP contribution is -2.35. The van der Waals surface area contributed by atoms with Crippen LogP contribution in [0, 0.1) is 0 Å². The molecule has 0 saturated carbocycles. The van der Waals surface area contributed by atoms with Gasteiger partial charge in [0.1, 0.15) is 0 Å². The van der Waals surface area contributed by atoms with Crippen LogP contribution in [-0.2, 0) is 16.0 Å². The van der Waals surface area contributed by atoms with Crippen LogP contribution in [0.4, 0.5) is 5.69 Å². The molecule has 7 nitrogen and oxygen atoms in total. The summed E-state index contributed by atoms with van der Waals surface area (Å²) in [5.74, 6) is 0.967. The van der Waals surface area contributed by atoms with Gasteiger partial charge in [0.15, 0.2) is 11.5 Å². The number of carbonyl (C=O) groups excluding carboxylic acids is 2. The van der Waals surface area contributed by atoms with Crippen molar-refractivity contribution in [1.82, 2.24) is 9.88 Å². The second-order valence-corrected chi connectivity index (χ2v) is 6.38. The Morgan fingerprint density at radius 2 is 1.68 bits per heavy atom. The van der Waals surface area contributed by atoms with E-state index >= 15 is 0 Å². The number of methoxy groups -OCH3 is 2. The Bertz CT molecular complexity index is 795. The molecule has 2 amide bonds. The molecule has 0 aliphatic carbocycles. The Morgan fingerprint density at radius 3 is 2.29 bits per heavy atom. The zero-order valence-electron chi connectivity index (χ0n) is 16.8. The van der Waals surface area contributed by atoms with E-state index in [0.717, 1.165) is 12.0 Å². The maximum absolute atomic E-state index is 12.5. The normalized spacial score (nSPS) is 10.3. The van der Waals surface area contributed by atoms with Gasteiger partial charge in [-0.25, -0.2) is 0 Å². The van der Waals surface area contributed by atoms with Crippen LogP contribution in [0.2, 0.25) is 0 Å². The molecule has 0 unspecified atom stereocenters. The summed E-state index contributed by atoms with van der Waals surface area (Å²) in [5, 5.41) is 0. The van der Waals surface area contributed by atoms with Crippen LogP contribution in [0.1, 0.15) is 18.9 Å². The number of likely N-dealkylation sites (N-methyl/N-ethyl adjacent to an activating group) is 1. The minimum atomic E-state index is -0.139. The van der Waals surface area contributed by atoms with Gasteiger partial charge in [-0.1, -0.05) is 0 Å². The van der Waals surface area contributed by atoms with Gasteiger partial charge in [0, 0.05) is 57.6 Å². The van der Waals surface area contributed by atoms with Gasteiger partial charge in [0.25, 0.3) is 0 Å². The van der Waals surface area contributed by atoms with Crippen molar-refractivity contribution in [3.05, 3.63) is 48.3 Å². The van der Waals surface area contributed by atoms with Crippen molar-refractivity contribution in [1.29, 1.82) is 0 Å². The Labute approximate surface area is 165 Å². The number of nitrogens with zero attached hydrogens (tertiary/aromatic N) is 3. The Hall–Kier alpha value is -3.09. The number of aromatic nitrogens is 1. The van der Waals surface area contributed by atoms with E-state index in [2.05, 4.69) is 4.98 Å². The molecular formula is C21H27N3O4.